The van der Waals surface area contributed by atoms with E-state index in [1.165, 1.54) is 17.0 Å². The summed E-state index contributed by atoms with van der Waals surface area (Å²) in [7, 11) is 0. The summed E-state index contributed by atoms with van der Waals surface area (Å²) in [5, 5.41) is 11.3. The highest BCUT2D eigenvalue weighted by atomic mass is 35.5. The van der Waals surface area contributed by atoms with Gasteiger partial charge in [-0.1, -0.05) is 29.8 Å². The number of nitro benzene ring substituents is 1. The molecule has 0 bridgehead atoms. The number of carbonyl (C=O) groups excluding carboxylic acids is 2. The van der Waals surface area contributed by atoms with Gasteiger partial charge in [0.2, 0.25) is 11.8 Å². The molecule has 1 heterocycles. The van der Waals surface area contributed by atoms with Gasteiger partial charge in [0.05, 0.1) is 11.3 Å². The van der Waals surface area contributed by atoms with Crippen LogP contribution in [0.15, 0.2) is 42.5 Å². The van der Waals surface area contributed by atoms with E-state index >= 15 is 0 Å². The van der Waals surface area contributed by atoms with Crippen LogP contribution in [0.25, 0.3) is 0 Å². The smallest absolute Gasteiger partial charge is 0.269 e. The van der Waals surface area contributed by atoms with Crippen LogP contribution in [0.4, 0.5) is 11.4 Å². The molecule has 1 saturated heterocycles. The Bertz CT molecular complexity index is 914. The topological polar surface area (TPSA) is 83.8 Å². The maximum absolute atomic E-state index is 13.0. The molecule has 0 N–H and O–H groups in total. The second-order valence-electron chi connectivity index (χ2n) is 6.76. The minimum Gasteiger partial charge on any atom is -0.324 e. The summed E-state index contributed by atoms with van der Waals surface area (Å²) >= 11 is 6.23. The van der Waals surface area contributed by atoms with Crippen LogP contribution in [0.1, 0.15) is 24.0 Å². The summed E-state index contributed by atoms with van der Waals surface area (Å²) in [6, 6.07) is 11.2. The number of nitrogens with zero attached hydrogens (tertiary/aromatic N) is 3. The van der Waals surface area contributed by atoms with Crippen molar-refractivity contribution in [3.8, 4) is 0 Å². The van der Waals surface area contributed by atoms with Gasteiger partial charge >= 0.3 is 0 Å². The van der Waals surface area contributed by atoms with Crippen LogP contribution < -0.4 is 4.90 Å². The zero-order chi connectivity index (χ0) is 20.3. The standard InChI is InChI=1S/C20H20ClN3O4/c1-14-4-7-17(12-18(14)21)23(13-22-10-2-3-19(22)25)20(26)11-15-5-8-16(9-6-15)24(27)28/h4-9,12H,2-3,10-11,13H2,1H3. The normalized spacial score (nSPS) is 13.6. The van der Waals surface area contributed by atoms with E-state index in [1.54, 1.807) is 29.2 Å². The minimum absolute atomic E-state index is 0.0198. The molecule has 1 aliphatic heterocycles. The number of nitro groups is 1. The number of carbonyl (C=O) groups is 2. The van der Waals surface area contributed by atoms with E-state index in [2.05, 4.69) is 0 Å². The molecule has 0 spiro atoms. The van der Waals surface area contributed by atoms with Gasteiger partial charge in [0.1, 0.15) is 6.67 Å². The Morgan fingerprint density at radius 3 is 2.54 bits per heavy atom. The van der Waals surface area contributed by atoms with Crippen molar-refractivity contribution in [2.75, 3.05) is 18.1 Å². The van der Waals surface area contributed by atoms with E-state index in [1.807, 2.05) is 13.0 Å². The van der Waals surface area contributed by atoms with Crippen LogP contribution in [-0.2, 0) is 16.0 Å². The molecule has 0 aliphatic carbocycles. The third-order valence-corrected chi connectivity index (χ3v) is 5.16. The molecule has 0 unspecified atom stereocenters. The lowest BCUT2D eigenvalue weighted by Crippen LogP contribution is -2.43. The van der Waals surface area contributed by atoms with Crippen LogP contribution >= 0.6 is 11.6 Å². The summed E-state index contributed by atoms with van der Waals surface area (Å²) in [5.74, 6) is -0.195. The van der Waals surface area contributed by atoms with Crippen molar-refractivity contribution < 1.29 is 14.5 Å². The number of non-ortho nitro benzene ring substituents is 1. The van der Waals surface area contributed by atoms with Crippen molar-refractivity contribution in [1.82, 2.24) is 4.90 Å². The quantitative estimate of drug-likeness (QED) is 0.545. The highest BCUT2D eigenvalue weighted by molar-refractivity contribution is 6.31. The van der Waals surface area contributed by atoms with Gasteiger partial charge in [0.15, 0.2) is 0 Å². The number of rotatable bonds is 6. The zero-order valence-electron chi connectivity index (χ0n) is 15.4. The molecule has 1 aliphatic rings. The van der Waals surface area contributed by atoms with Crippen LogP contribution in [0.2, 0.25) is 5.02 Å². The molecule has 8 heteroatoms. The second-order valence-corrected chi connectivity index (χ2v) is 7.16. The molecule has 0 radical (unpaired) electrons. The van der Waals surface area contributed by atoms with Crippen molar-refractivity contribution in [2.24, 2.45) is 0 Å². The fourth-order valence-electron chi connectivity index (χ4n) is 3.08. The SMILES string of the molecule is Cc1ccc(N(CN2CCCC2=O)C(=O)Cc2ccc([N+](=O)[O-])cc2)cc1Cl. The number of anilines is 1. The van der Waals surface area contributed by atoms with Gasteiger partial charge < -0.3 is 4.90 Å². The van der Waals surface area contributed by atoms with E-state index in [0.29, 0.717) is 29.2 Å². The number of hydrogen-bond donors (Lipinski definition) is 0. The van der Waals surface area contributed by atoms with Crippen molar-refractivity contribution in [3.05, 3.63) is 68.7 Å². The lowest BCUT2D eigenvalue weighted by atomic mass is 10.1. The number of amides is 2. The van der Waals surface area contributed by atoms with Gasteiger partial charge in [-0.25, -0.2) is 0 Å². The first kappa shape index (κ1) is 19.8. The van der Waals surface area contributed by atoms with E-state index in [9.17, 15) is 19.7 Å². The Morgan fingerprint density at radius 2 is 1.96 bits per heavy atom. The molecular formula is C20H20ClN3O4. The molecule has 28 heavy (non-hydrogen) atoms. The molecule has 2 amide bonds. The summed E-state index contributed by atoms with van der Waals surface area (Å²) < 4.78 is 0. The third kappa shape index (κ3) is 4.48. The van der Waals surface area contributed by atoms with Gasteiger partial charge in [-0.3, -0.25) is 24.6 Å². The maximum Gasteiger partial charge on any atom is 0.269 e. The minimum atomic E-state index is -0.481. The molecular weight excluding hydrogens is 382 g/mol. The fourth-order valence-corrected chi connectivity index (χ4v) is 3.26. The van der Waals surface area contributed by atoms with Gasteiger partial charge in [0, 0.05) is 35.8 Å². The largest absolute Gasteiger partial charge is 0.324 e. The second kappa shape index (κ2) is 8.39. The monoisotopic (exact) mass is 401 g/mol. The fraction of sp³-hybridized carbons (Fsp3) is 0.300. The Morgan fingerprint density at radius 1 is 1.25 bits per heavy atom. The zero-order valence-corrected chi connectivity index (χ0v) is 16.2. The molecule has 2 aromatic rings. The first-order valence-electron chi connectivity index (χ1n) is 8.93. The molecule has 7 nitrogen and oxygen atoms in total. The maximum atomic E-state index is 13.0. The van der Waals surface area contributed by atoms with Gasteiger partial charge in [-0.15, -0.1) is 0 Å². The van der Waals surface area contributed by atoms with Crippen LogP contribution in [0, 0.1) is 17.0 Å². The predicted molar refractivity (Wildman–Crippen MR) is 106 cm³/mol. The van der Waals surface area contributed by atoms with Gasteiger partial charge in [-0.05, 0) is 36.6 Å². The lowest BCUT2D eigenvalue weighted by Gasteiger charge is -2.28. The first-order valence-corrected chi connectivity index (χ1v) is 9.30. The summed E-state index contributed by atoms with van der Waals surface area (Å²) in [6.07, 6.45) is 1.32. The molecule has 0 saturated carbocycles. The van der Waals surface area contributed by atoms with Gasteiger partial charge in [-0.2, -0.15) is 0 Å². The molecule has 1 fully saturated rings. The Labute approximate surface area is 167 Å². The average Bonchev–Trinajstić information content (AvgIpc) is 3.07. The van der Waals surface area contributed by atoms with Crippen LogP contribution in [-0.4, -0.2) is 34.9 Å². The Balaban J connectivity index is 1.84. The molecule has 2 aromatic carbocycles. The highest BCUT2D eigenvalue weighted by Gasteiger charge is 2.26. The summed E-state index contributed by atoms with van der Waals surface area (Å²) in [4.78, 5) is 38.6. The van der Waals surface area contributed by atoms with E-state index < -0.39 is 4.92 Å². The molecule has 0 aromatic heterocycles. The summed E-state index contributed by atoms with van der Waals surface area (Å²) in [5.41, 5.74) is 2.14. The van der Waals surface area contributed by atoms with E-state index in [4.69, 9.17) is 11.6 Å². The van der Waals surface area contributed by atoms with Crippen LogP contribution in [0.5, 0.6) is 0 Å². The number of likely N-dealkylation sites (tertiary alicyclic amines) is 1. The van der Waals surface area contributed by atoms with Crippen molar-refractivity contribution in [2.45, 2.75) is 26.2 Å². The van der Waals surface area contributed by atoms with E-state index in [-0.39, 0.29) is 30.6 Å². The number of aryl methyl sites for hydroxylation is 1. The number of hydrogen-bond acceptors (Lipinski definition) is 4. The third-order valence-electron chi connectivity index (χ3n) is 4.75. The van der Waals surface area contributed by atoms with Crippen molar-refractivity contribution in [3.63, 3.8) is 0 Å². The first-order chi connectivity index (χ1) is 13.3. The van der Waals surface area contributed by atoms with Gasteiger partial charge in [0.25, 0.3) is 5.69 Å². The Hall–Kier alpha value is -2.93. The predicted octanol–water partition coefficient (Wildman–Crippen LogP) is 3.71. The average molecular weight is 402 g/mol. The summed E-state index contributed by atoms with van der Waals surface area (Å²) in [6.45, 7) is 2.64. The number of halogens is 1. The number of benzene rings is 2. The molecule has 146 valence electrons. The van der Waals surface area contributed by atoms with Crippen molar-refractivity contribution in [1.29, 1.82) is 0 Å². The Kier molecular flexibility index (Phi) is 5.94. The van der Waals surface area contributed by atoms with Crippen molar-refractivity contribution >= 4 is 34.8 Å². The molecule has 3 rings (SSSR count). The molecule has 0 atom stereocenters. The van der Waals surface area contributed by atoms with E-state index in [0.717, 1.165) is 12.0 Å². The lowest BCUT2D eigenvalue weighted by molar-refractivity contribution is -0.384. The highest BCUT2D eigenvalue weighted by Crippen LogP contribution is 2.25. The van der Waals surface area contributed by atoms with Crippen LogP contribution in [0.3, 0.4) is 0 Å².